The van der Waals surface area contributed by atoms with Gasteiger partial charge in [0.2, 0.25) is 0 Å². The second-order valence-corrected chi connectivity index (χ2v) is 9.07. The average Bonchev–Trinajstić information content (AvgIpc) is 3.32. The van der Waals surface area contributed by atoms with Crippen molar-refractivity contribution in [2.75, 3.05) is 7.05 Å². The average molecular weight is 429 g/mol. The quantitative estimate of drug-likeness (QED) is 0.532. The lowest BCUT2D eigenvalue weighted by molar-refractivity contribution is 0.0742. The number of hydrogen-bond acceptors (Lipinski definition) is 3. The number of pyridine rings is 1. The van der Waals surface area contributed by atoms with Gasteiger partial charge in [0.1, 0.15) is 0 Å². The topological polar surface area (TPSA) is 53.4 Å². The molecule has 2 aromatic carbocycles. The van der Waals surface area contributed by atoms with Crippen LogP contribution in [0.5, 0.6) is 0 Å². The van der Waals surface area contributed by atoms with Gasteiger partial charge in [-0.2, -0.15) is 0 Å². The van der Waals surface area contributed by atoms with Crippen molar-refractivity contribution in [1.29, 1.82) is 0 Å². The van der Waals surface area contributed by atoms with E-state index in [1.165, 1.54) is 5.56 Å². The Morgan fingerprint density at radius 3 is 2.44 bits per heavy atom. The van der Waals surface area contributed by atoms with Crippen LogP contribution < -0.4 is 0 Å². The minimum absolute atomic E-state index is 0.0137. The fraction of sp³-hybridized carbons (Fsp3) is 0.357. The van der Waals surface area contributed by atoms with Gasteiger partial charge in [0, 0.05) is 25.0 Å². The second kappa shape index (κ2) is 10.1. The highest BCUT2D eigenvalue weighted by molar-refractivity contribution is 5.94. The monoisotopic (exact) mass is 428 g/mol. The van der Waals surface area contributed by atoms with Gasteiger partial charge in [0.05, 0.1) is 12.1 Å². The summed E-state index contributed by atoms with van der Waals surface area (Å²) in [6.45, 7) is 2.02. The summed E-state index contributed by atoms with van der Waals surface area (Å²) in [6, 6.07) is 21.9. The van der Waals surface area contributed by atoms with Gasteiger partial charge < -0.3 is 10.0 Å². The van der Waals surface area contributed by atoms with E-state index >= 15 is 0 Å². The third-order valence-corrected chi connectivity index (χ3v) is 6.96. The Morgan fingerprint density at radius 2 is 1.75 bits per heavy atom. The molecule has 166 valence electrons. The highest BCUT2D eigenvalue weighted by atomic mass is 16.3. The molecule has 32 heavy (non-hydrogen) atoms. The van der Waals surface area contributed by atoms with Crippen molar-refractivity contribution < 1.29 is 9.90 Å². The Balaban J connectivity index is 1.33. The Hall–Kier alpha value is -2.98. The molecule has 0 aliphatic heterocycles. The van der Waals surface area contributed by atoms with E-state index in [4.69, 9.17) is 0 Å². The number of amides is 1. The van der Waals surface area contributed by atoms with E-state index in [-0.39, 0.29) is 18.1 Å². The third-order valence-electron chi connectivity index (χ3n) is 6.96. The van der Waals surface area contributed by atoms with E-state index in [0.717, 1.165) is 36.8 Å². The number of rotatable bonds is 7. The van der Waals surface area contributed by atoms with Gasteiger partial charge >= 0.3 is 0 Å². The van der Waals surface area contributed by atoms with Gasteiger partial charge in [-0.05, 0) is 79.3 Å². The molecule has 4 nitrogen and oxygen atoms in total. The minimum Gasteiger partial charge on any atom is -0.388 e. The summed E-state index contributed by atoms with van der Waals surface area (Å²) in [5.41, 5.74) is 4.00. The van der Waals surface area contributed by atoms with Crippen LogP contribution in [-0.4, -0.2) is 27.9 Å². The van der Waals surface area contributed by atoms with Crippen LogP contribution in [0, 0.1) is 11.8 Å². The van der Waals surface area contributed by atoms with Crippen molar-refractivity contribution in [1.82, 2.24) is 9.88 Å². The SMILES string of the molecule is CC(c1cccnc1)N(C)C(=O)c1ccc(C[C@@H]2CC[C@H]([C@H](O)c3ccccc3)C2)cc1. The Bertz CT molecular complexity index is 1000. The lowest BCUT2D eigenvalue weighted by atomic mass is 9.91. The molecule has 1 unspecified atom stereocenters. The van der Waals surface area contributed by atoms with Gasteiger partial charge in [0.25, 0.3) is 5.91 Å². The zero-order chi connectivity index (χ0) is 22.5. The first-order valence-corrected chi connectivity index (χ1v) is 11.5. The largest absolute Gasteiger partial charge is 0.388 e. The fourth-order valence-corrected chi connectivity index (χ4v) is 4.85. The first-order chi connectivity index (χ1) is 15.5. The highest BCUT2D eigenvalue weighted by Gasteiger charge is 2.30. The summed E-state index contributed by atoms with van der Waals surface area (Å²) in [4.78, 5) is 18.9. The molecule has 1 aliphatic carbocycles. The molecule has 1 saturated carbocycles. The van der Waals surface area contributed by atoms with Gasteiger partial charge in [-0.25, -0.2) is 0 Å². The number of benzene rings is 2. The summed E-state index contributed by atoms with van der Waals surface area (Å²) in [5.74, 6) is 0.916. The van der Waals surface area contributed by atoms with Crippen molar-refractivity contribution in [3.05, 3.63) is 101 Å². The number of nitrogens with zero attached hydrogens (tertiary/aromatic N) is 2. The summed E-state index contributed by atoms with van der Waals surface area (Å²) >= 11 is 0. The highest BCUT2D eigenvalue weighted by Crippen LogP contribution is 2.40. The zero-order valence-corrected chi connectivity index (χ0v) is 18.9. The molecule has 1 aromatic heterocycles. The van der Waals surface area contributed by atoms with Crippen molar-refractivity contribution in [2.24, 2.45) is 11.8 Å². The van der Waals surface area contributed by atoms with Crippen LogP contribution in [0.2, 0.25) is 0 Å². The van der Waals surface area contributed by atoms with Gasteiger partial charge in [0.15, 0.2) is 0 Å². The number of aliphatic hydroxyl groups excluding tert-OH is 1. The second-order valence-electron chi connectivity index (χ2n) is 9.07. The molecule has 1 N–H and O–H groups in total. The van der Waals surface area contributed by atoms with Crippen LogP contribution in [0.4, 0.5) is 0 Å². The molecular weight excluding hydrogens is 396 g/mol. The molecule has 1 aliphatic rings. The van der Waals surface area contributed by atoms with Gasteiger partial charge in [-0.3, -0.25) is 9.78 Å². The fourth-order valence-electron chi connectivity index (χ4n) is 4.85. The van der Waals surface area contributed by atoms with Crippen LogP contribution in [0.25, 0.3) is 0 Å². The van der Waals surface area contributed by atoms with E-state index < -0.39 is 0 Å². The molecule has 1 amide bonds. The molecule has 4 heteroatoms. The van der Waals surface area contributed by atoms with Crippen LogP contribution >= 0.6 is 0 Å². The summed E-state index contributed by atoms with van der Waals surface area (Å²) in [6.07, 6.45) is 7.41. The zero-order valence-electron chi connectivity index (χ0n) is 18.9. The number of carbonyl (C=O) groups is 1. The smallest absolute Gasteiger partial charge is 0.254 e. The van der Waals surface area contributed by atoms with E-state index in [1.807, 2.05) is 68.6 Å². The summed E-state index contributed by atoms with van der Waals surface area (Å²) < 4.78 is 0. The molecule has 4 atom stereocenters. The van der Waals surface area contributed by atoms with Crippen LogP contribution in [-0.2, 0) is 6.42 Å². The van der Waals surface area contributed by atoms with Crippen LogP contribution in [0.3, 0.4) is 0 Å². The predicted molar refractivity (Wildman–Crippen MR) is 127 cm³/mol. The summed E-state index contributed by atoms with van der Waals surface area (Å²) in [5, 5.41) is 10.7. The Labute approximate surface area is 190 Å². The molecule has 3 aromatic rings. The van der Waals surface area contributed by atoms with Gasteiger partial charge in [-0.1, -0.05) is 48.5 Å². The molecule has 0 saturated heterocycles. The van der Waals surface area contributed by atoms with E-state index in [1.54, 1.807) is 17.3 Å². The standard InChI is InChI=1S/C28H32N2O2/c1-20(26-9-6-16-29-19-26)30(2)28(32)24-13-10-21(11-14-24)17-22-12-15-25(18-22)27(31)23-7-4-3-5-8-23/h3-11,13-14,16,19-20,22,25,27,31H,12,15,17-18H2,1-2H3/t20?,22-,25-,27+/m0/s1. The maximum Gasteiger partial charge on any atom is 0.254 e. The lowest BCUT2D eigenvalue weighted by Crippen LogP contribution is -2.29. The molecule has 1 fully saturated rings. The van der Waals surface area contributed by atoms with Crippen molar-refractivity contribution in [3.8, 4) is 0 Å². The first-order valence-electron chi connectivity index (χ1n) is 11.5. The van der Waals surface area contributed by atoms with E-state index in [2.05, 4.69) is 17.1 Å². The van der Waals surface area contributed by atoms with Gasteiger partial charge in [-0.15, -0.1) is 0 Å². The summed E-state index contributed by atoms with van der Waals surface area (Å²) in [7, 11) is 1.84. The maximum atomic E-state index is 12.9. The molecular formula is C28H32N2O2. The van der Waals surface area contributed by atoms with Crippen LogP contribution in [0.15, 0.2) is 79.1 Å². The predicted octanol–water partition coefficient (Wildman–Crippen LogP) is 5.61. The van der Waals surface area contributed by atoms with Crippen molar-refractivity contribution in [2.45, 2.75) is 44.8 Å². The molecule has 4 rings (SSSR count). The maximum absolute atomic E-state index is 12.9. The van der Waals surface area contributed by atoms with Crippen molar-refractivity contribution >= 4 is 5.91 Å². The third kappa shape index (κ3) is 5.08. The number of carbonyl (C=O) groups excluding carboxylic acids is 1. The molecule has 0 bridgehead atoms. The lowest BCUT2D eigenvalue weighted by Gasteiger charge is -2.25. The number of aromatic nitrogens is 1. The molecule has 0 spiro atoms. The normalized spacial score (nSPS) is 20.0. The number of hydrogen-bond donors (Lipinski definition) is 1. The van der Waals surface area contributed by atoms with E-state index in [0.29, 0.717) is 17.4 Å². The first kappa shape index (κ1) is 22.2. The molecule has 0 radical (unpaired) electrons. The van der Waals surface area contributed by atoms with Crippen molar-refractivity contribution in [3.63, 3.8) is 0 Å². The van der Waals surface area contributed by atoms with Crippen LogP contribution in [0.1, 0.15) is 65.4 Å². The van der Waals surface area contributed by atoms with E-state index in [9.17, 15) is 9.90 Å². The minimum atomic E-state index is -0.376. The molecule has 1 heterocycles. The number of aliphatic hydroxyl groups is 1. The Morgan fingerprint density at radius 1 is 1.03 bits per heavy atom. The Kier molecular flexibility index (Phi) is 7.01.